The Hall–Kier alpha value is -2.77. The Balaban J connectivity index is 1.43. The van der Waals surface area contributed by atoms with E-state index in [-0.39, 0.29) is 23.1 Å². The van der Waals surface area contributed by atoms with Crippen molar-refractivity contribution in [2.24, 2.45) is 0 Å². The number of halogens is 1. The van der Waals surface area contributed by atoms with Crippen molar-refractivity contribution in [1.29, 1.82) is 5.26 Å². The minimum atomic E-state index is -1.09. The minimum absolute atomic E-state index is 0.00107. The molecule has 3 aliphatic heterocycles. The van der Waals surface area contributed by atoms with Gasteiger partial charge in [-0.05, 0) is 26.3 Å². The fourth-order valence-electron chi connectivity index (χ4n) is 5.29. The van der Waals surface area contributed by atoms with Crippen LogP contribution in [-0.2, 0) is 21.0 Å². The van der Waals surface area contributed by atoms with E-state index in [1.165, 1.54) is 0 Å². The van der Waals surface area contributed by atoms with Gasteiger partial charge in [0.2, 0.25) is 5.91 Å². The van der Waals surface area contributed by atoms with Crippen molar-refractivity contribution in [2.45, 2.75) is 50.3 Å². The topological polar surface area (TPSA) is 106 Å². The average Bonchev–Trinajstić information content (AvgIpc) is 3.13. The molecule has 35 heavy (non-hydrogen) atoms. The zero-order valence-corrected chi connectivity index (χ0v) is 21.9. The van der Waals surface area contributed by atoms with Gasteiger partial charge < -0.3 is 14.7 Å². The normalized spacial score (nSPS) is 27.3. The Kier molecular flexibility index (Phi) is 5.76. The Morgan fingerprint density at radius 1 is 1.23 bits per heavy atom. The Labute approximate surface area is 212 Å². The van der Waals surface area contributed by atoms with E-state index in [4.69, 9.17) is 16.9 Å². The number of amides is 1. The number of nitrogens with zero attached hydrogens (tertiary/aromatic N) is 7. The molecule has 2 aromatic heterocycles. The molecule has 0 N–H and O–H groups in total. The molecule has 3 aliphatic rings. The summed E-state index contributed by atoms with van der Waals surface area (Å²) in [4.78, 5) is 32.9. The molecule has 5 rings (SSSR count). The average molecular weight is 514 g/mol. The third-order valence-electron chi connectivity index (χ3n) is 7.44. The first-order valence-electron chi connectivity index (χ1n) is 11.7. The zero-order chi connectivity index (χ0) is 25.1. The third kappa shape index (κ3) is 3.76. The fourth-order valence-corrected chi connectivity index (χ4v) is 6.79. The van der Waals surface area contributed by atoms with Crippen molar-refractivity contribution in [3.8, 4) is 6.07 Å². The van der Waals surface area contributed by atoms with Crippen molar-refractivity contribution < 1.29 is 9.00 Å². The van der Waals surface area contributed by atoms with Gasteiger partial charge in [-0.2, -0.15) is 5.26 Å². The van der Waals surface area contributed by atoms with E-state index in [1.807, 2.05) is 24.8 Å². The van der Waals surface area contributed by atoms with Crippen LogP contribution in [0.5, 0.6) is 0 Å². The molecule has 2 aromatic rings. The van der Waals surface area contributed by atoms with E-state index in [1.54, 1.807) is 18.6 Å². The lowest BCUT2D eigenvalue weighted by Crippen LogP contribution is -2.63. The molecule has 1 amide bonds. The molecule has 3 atom stereocenters. The summed E-state index contributed by atoms with van der Waals surface area (Å²) in [5.74, 6) is 2.27. The first kappa shape index (κ1) is 23.9. The quantitative estimate of drug-likeness (QED) is 0.616. The number of carbonyl (C=O) groups is 1. The Morgan fingerprint density at radius 3 is 2.57 bits per heavy atom. The van der Waals surface area contributed by atoms with Gasteiger partial charge in [0, 0.05) is 59.8 Å². The number of hydrogen-bond donors (Lipinski definition) is 0. The number of hydrogen-bond acceptors (Lipinski definition) is 8. The largest absolute Gasteiger partial charge is 0.352 e. The number of piperazine rings is 1. The lowest BCUT2D eigenvalue weighted by Gasteiger charge is -2.46. The van der Waals surface area contributed by atoms with Crippen LogP contribution in [0, 0.1) is 11.3 Å². The van der Waals surface area contributed by atoms with E-state index in [9.17, 15) is 9.00 Å². The number of nitriles is 1. The molecular formula is C24H28ClN7O2S. The smallest absolute Gasteiger partial charge is 0.241 e. The van der Waals surface area contributed by atoms with Crippen LogP contribution in [-0.4, -0.2) is 72.7 Å². The molecule has 2 fully saturated rings. The van der Waals surface area contributed by atoms with E-state index in [0.717, 1.165) is 22.9 Å². The summed E-state index contributed by atoms with van der Waals surface area (Å²) >= 11 is 6.27. The lowest BCUT2D eigenvalue weighted by molar-refractivity contribution is -0.136. The van der Waals surface area contributed by atoms with Gasteiger partial charge in [-0.3, -0.25) is 9.00 Å². The Morgan fingerprint density at radius 2 is 1.97 bits per heavy atom. The van der Waals surface area contributed by atoms with E-state index < -0.39 is 15.5 Å². The summed E-state index contributed by atoms with van der Waals surface area (Å²) in [5, 5.41) is 9.48. The molecule has 11 heteroatoms. The van der Waals surface area contributed by atoms with E-state index in [0.29, 0.717) is 43.4 Å². The maximum atomic E-state index is 13.2. The molecular weight excluding hydrogens is 486 g/mol. The molecule has 2 saturated heterocycles. The van der Waals surface area contributed by atoms with Crippen LogP contribution in [0.2, 0.25) is 5.02 Å². The van der Waals surface area contributed by atoms with Gasteiger partial charge in [-0.25, -0.2) is 15.0 Å². The number of fused-ring (bicyclic) bond motifs is 1. The number of carbonyl (C=O) groups excluding carboxylic acids is 1. The predicted octanol–water partition coefficient (Wildman–Crippen LogP) is 2.77. The number of aromatic nitrogens is 3. The highest BCUT2D eigenvalue weighted by molar-refractivity contribution is 7.88. The molecule has 0 bridgehead atoms. The molecule has 0 radical (unpaired) electrons. The molecule has 0 aliphatic carbocycles. The summed E-state index contributed by atoms with van der Waals surface area (Å²) in [5.41, 5.74) is 1.76. The summed E-state index contributed by atoms with van der Waals surface area (Å²) in [6.45, 7) is 10.7. The third-order valence-corrected chi connectivity index (χ3v) is 9.69. The first-order chi connectivity index (χ1) is 16.6. The standard InChI is InChI=1S/C24H28ClN7O2S/c1-15-12-30(6-7-31(15)22(33)24(4)5-8-35(24)34)20-19-21(29-14-28-20)32(13-23(19,2)3)16-9-17(25)18(10-26)27-11-16/h9,11,14-15H,5-8,12-13H2,1-4H3/t15?,24-,35?/m0/s1. The maximum absolute atomic E-state index is 13.2. The first-order valence-corrected chi connectivity index (χ1v) is 13.4. The van der Waals surface area contributed by atoms with Crippen LogP contribution in [0.25, 0.3) is 0 Å². The summed E-state index contributed by atoms with van der Waals surface area (Å²) < 4.78 is 11.5. The molecule has 0 spiro atoms. The summed E-state index contributed by atoms with van der Waals surface area (Å²) in [6, 6.07) is 3.71. The molecule has 2 unspecified atom stereocenters. The predicted molar refractivity (Wildman–Crippen MR) is 135 cm³/mol. The summed E-state index contributed by atoms with van der Waals surface area (Å²) in [6.07, 6.45) is 3.90. The molecule has 5 heterocycles. The minimum Gasteiger partial charge on any atom is -0.352 e. The highest BCUT2D eigenvalue weighted by atomic mass is 35.5. The number of anilines is 3. The molecule has 0 saturated carbocycles. The van der Waals surface area contributed by atoms with Crippen molar-refractivity contribution in [3.05, 3.63) is 34.9 Å². The van der Waals surface area contributed by atoms with Crippen molar-refractivity contribution in [1.82, 2.24) is 19.9 Å². The second-order valence-corrected chi connectivity index (χ2v) is 12.7. The van der Waals surface area contributed by atoms with Crippen LogP contribution in [0.15, 0.2) is 18.6 Å². The van der Waals surface area contributed by atoms with Crippen molar-refractivity contribution >= 4 is 45.6 Å². The van der Waals surface area contributed by atoms with Gasteiger partial charge in [0.1, 0.15) is 28.8 Å². The van der Waals surface area contributed by atoms with Crippen molar-refractivity contribution in [2.75, 3.05) is 41.7 Å². The van der Waals surface area contributed by atoms with Crippen molar-refractivity contribution in [3.63, 3.8) is 0 Å². The van der Waals surface area contributed by atoms with Crippen LogP contribution in [0.4, 0.5) is 17.3 Å². The number of pyridine rings is 1. The highest BCUT2D eigenvalue weighted by Crippen LogP contribution is 2.47. The van der Waals surface area contributed by atoms with Gasteiger partial charge in [0.15, 0.2) is 5.69 Å². The lowest BCUT2D eigenvalue weighted by atomic mass is 9.87. The number of rotatable bonds is 3. The van der Waals surface area contributed by atoms with E-state index >= 15 is 0 Å². The SMILES string of the molecule is CC1CN(c2ncnc3c2C(C)(C)CN3c2cnc(C#N)c(Cl)c2)CCN1C(=O)[C@]1(C)CCS1=O. The van der Waals surface area contributed by atoms with Crippen LogP contribution >= 0.6 is 11.6 Å². The molecule has 0 aromatic carbocycles. The molecule has 9 nitrogen and oxygen atoms in total. The van der Waals surface area contributed by atoms with Gasteiger partial charge >= 0.3 is 0 Å². The Bertz CT molecular complexity index is 1280. The second kappa shape index (κ2) is 8.42. The van der Waals surface area contributed by atoms with Gasteiger partial charge in [-0.15, -0.1) is 0 Å². The monoisotopic (exact) mass is 513 g/mol. The van der Waals surface area contributed by atoms with Gasteiger partial charge in [0.05, 0.1) is 16.9 Å². The van der Waals surface area contributed by atoms with E-state index in [2.05, 4.69) is 38.6 Å². The fraction of sp³-hybridized carbons (Fsp3) is 0.542. The van der Waals surface area contributed by atoms with Gasteiger partial charge in [-0.1, -0.05) is 25.4 Å². The highest BCUT2D eigenvalue weighted by Gasteiger charge is 2.50. The van der Waals surface area contributed by atoms with Crippen LogP contribution in [0.3, 0.4) is 0 Å². The van der Waals surface area contributed by atoms with Crippen LogP contribution in [0.1, 0.15) is 45.4 Å². The zero-order valence-electron chi connectivity index (χ0n) is 20.3. The molecule has 184 valence electrons. The summed E-state index contributed by atoms with van der Waals surface area (Å²) in [7, 11) is -1.09. The van der Waals surface area contributed by atoms with Gasteiger partial charge in [0.25, 0.3) is 0 Å². The maximum Gasteiger partial charge on any atom is 0.241 e. The second-order valence-electron chi connectivity index (χ2n) is 10.3. The van der Waals surface area contributed by atoms with Crippen LogP contribution < -0.4 is 9.80 Å².